The van der Waals surface area contributed by atoms with Crippen molar-refractivity contribution in [2.24, 2.45) is 5.41 Å². The lowest BCUT2D eigenvalue weighted by molar-refractivity contribution is 0.213. The van der Waals surface area contributed by atoms with Crippen molar-refractivity contribution in [3.8, 4) is 0 Å². The van der Waals surface area contributed by atoms with Crippen molar-refractivity contribution in [2.75, 3.05) is 7.05 Å². The van der Waals surface area contributed by atoms with E-state index in [1.165, 1.54) is 18.2 Å². The lowest BCUT2D eigenvalue weighted by Crippen LogP contribution is -2.48. The van der Waals surface area contributed by atoms with Crippen molar-refractivity contribution < 1.29 is 12.8 Å². The highest BCUT2D eigenvalue weighted by molar-refractivity contribution is 7.92. The summed E-state index contributed by atoms with van der Waals surface area (Å²) in [6.07, 6.45) is 2.41. The van der Waals surface area contributed by atoms with Gasteiger partial charge < -0.3 is 5.32 Å². The third kappa shape index (κ3) is 3.04. The number of hydrogen-bond donors (Lipinski definition) is 1. The molecule has 3 nitrogen and oxygen atoms in total. The van der Waals surface area contributed by atoms with Gasteiger partial charge in [-0.3, -0.25) is 0 Å². The van der Waals surface area contributed by atoms with Crippen LogP contribution in [0.3, 0.4) is 0 Å². The minimum Gasteiger partial charge on any atom is -0.316 e. The molecule has 1 saturated carbocycles. The van der Waals surface area contributed by atoms with E-state index in [0.717, 1.165) is 18.9 Å². The maximum atomic E-state index is 13.3. The Morgan fingerprint density at radius 1 is 1.35 bits per heavy atom. The van der Waals surface area contributed by atoms with Crippen molar-refractivity contribution in [3.63, 3.8) is 0 Å². The molecular weight excluding hydrogens is 277 g/mol. The van der Waals surface area contributed by atoms with Crippen molar-refractivity contribution in [2.45, 2.75) is 49.3 Å². The molecule has 0 heterocycles. The molecule has 0 aromatic heterocycles. The van der Waals surface area contributed by atoms with Crippen LogP contribution in [-0.4, -0.2) is 26.8 Å². The van der Waals surface area contributed by atoms with E-state index in [2.05, 4.69) is 19.2 Å². The summed E-state index contributed by atoms with van der Waals surface area (Å²) in [5.74, 6) is -0.512. The van der Waals surface area contributed by atoms with Crippen LogP contribution in [0.15, 0.2) is 29.2 Å². The number of nitrogens with one attached hydrogen (secondary N) is 1. The number of sulfone groups is 1. The van der Waals surface area contributed by atoms with E-state index in [0.29, 0.717) is 6.42 Å². The van der Waals surface area contributed by atoms with Gasteiger partial charge in [0.05, 0.1) is 10.1 Å². The van der Waals surface area contributed by atoms with Gasteiger partial charge in [0.1, 0.15) is 5.82 Å². The second kappa shape index (κ2) is 5.45. The largest absolute Gasteiger partial charge is 0.316 e. The van der Waals surface area contributed by atoms with E-state index in [9.17, 15) is 12.8 Å². The van der Waals surface area contributed by atoms with Gasteiger partial charge in [0.2, 0.25) is 0 Å². The van der Waals surface area contributed by atoms with Crippen molar-refractivity contribution in [1.82, 2.24) is 5.32 Å². The Labute approximate surface area is 120 Å². The normalized spacial score (nSPS) is 26.4. The highest BCUT2D eigenvalue weighted by atomic mass is 32.2. The van der Waals surface area contributed by atoms with Crippen LogP contribution in [0, 0.1) is 11.2 Å². The average Bonchev–Trinajstić information content (AvgIpc) is 2.38. The fourth-order valence-corrected chi connectivity index (χ4v) is 5.27. The number of benzene rings is 1. The molecule has 2 rings (SSSR count). The highest BCUT2D eigenvalue weighted by Gasteiger charge is 2.42. The van der Waals surface area contributed by atoms with E-state index in [4.69, 9.17) is 0 Å². The van der Waals surface area contributed by atoms with E-state index in [-0.39, 0.29) is 16.4 Å². The lowest BCUT2D eigenvalue weighted by Gasteiger charge is -2.40. The number of hydrogen-bond acceptors (Lipinski definition) is 3. The molecule has 112 valence electrons. The Morgan fingerprint density at radius 2 is 2.05 bits per heavy atom. The fraction of sp³-hybridized carbons (Fsp3) is 0.600. The van der Waals surface area contributed by atoms with Gasteiger partial charge in [-0.1, -0.05) is 19.9 Å². The van der Waals surface area contributed by atoms with E-state index >= 15 is 0 Å². The Bertz CT molecular complexity index is 583. The summed E-state index contributed by atoms with van der Waals surface area (Å²) >= 11 is 0. The summed E-state index contributed by atoms with van der Waals surface area (Å²) in [5, 5.41) is 2.61. The van der Waals surface area contributed by atoms with Crippen LogP contribution in [0.4, 0.5) is 4.39 Å². The van der Waals surface area contributed by atoms with Gasteiger partial charge in [0.25, 0.3) is 0 Å². The van der Waals surface area contributed by atoms with Crippen molar-refractivity contribution >= 4 is 9.84 Å². The highest BCUT2D eigenvalue weighted by Crippen LogP contribution is 2.39. The minimum atomic E-state index is -3.52. The lowest BCUT2D eigenvalue weighted by atomic mass is 9.75. The van der Waals surface area contributed by atoms with E-state index < -0.39 is 20.9 Å². The predicted molar refractivity (Wildman–Crippen MR) is 77.9 cm³/mol. The van der Waals surface area contributed by atoms with E-state index in [1.807, 2.05) is 0 Å². The predicted octanol–water partition coefficient (Wildman–Crippen LogP) is 2.77. The second-order valence-corrected chi connectivity index (χ2v) is 8.51. The van der Waals surface area contributed by atoms with Gasteiger partial charge in [0.15, 0.2) is 9.84 Å². The minimum absolute atomic E-state index is 0.00158. The molecule has 0 aliphatic heterocycles. The molecule has 2 unspecified atom stereocenters. The van der Waals surface area contributed by atoms with Crippen LogP contribution in [0.2, 0.25) is 0 Å². The summed E-state index contributed by atoms with van der Waals surface area (Å²) < 4.78 is 38.9. The summed E-state index contributed by atoms with van der Waals surface area (Å²) in [7, 11) is -1.73. The third-order valence-corrected chi connectivity index (χ3v) is 6.43. The maximum Gasteiger partial charge on any atom is 0.182 e. The molecule has 5 heteroatoms. The molecule has 0 radical (unpaired) electrons. The molecule has 0 amide bonds. The standard InChI is InChI=1S/C15H22FNO2S/c1-15(2)8-7-13(17-3)14(10-15)20(18,19)12-6-4-5-11(16)9-12/h4-6,9,13-14,17H,7-8,10H2,1-3H3. The Balaban J connectivity index is 2.40. The van der Waals surface area contributed by atoms with Crippen LogP contribution >= 0.6 is 0 Å². The van der Waals surface area contributed by atoms with Crippen LogP contribution in [0.1, 0.15) is 33.1 Å². The first-order valence-electron chi connectivity index (χ1n) is 6.93. The molecule has 0 bridgehead atoms. The first-order valence-corrected chi connectivity index (χ1v) is 8.48. The average molecular weight is 299 g/mol. The Kier molecular flexibility index (Phi) is 4.21. The smallest absolute Gasteiger partial charge is 0.182 e. The summed E-state index contributed by atoms with van der Waals surface area (Å²) in [5.41, 5.74) is -0.00158. The van der Waals surface area contributed by atoms with E-state index in [1.54, 1.807) is 7.05 Å². The quantitative estimate of drug-likeness (QED) is 0.933. The van der Waals surface area contributed by atoms with Crippen LogP contribution in [0.25, 0.3) is 0 Å². The van der Waals surface area contributed by atoms with Crippen molar-refractivity contribution in [1.29, 1.82) is 0 Å². The zero-order chi connectivity index (χ0) is 15.0. The number of halogens is 1. The Hall–Kier alpha value is -0.940. The monoisotopic (exact) mass is 299 g/mol. The first-order chi connectivity index (χ1) is 9.26. The van der Waals surface area contributed by atoms with Gasteiger partial charge in [-0.05, 0) is 49.9 Å². The fourth-order valence-electron chi connectivity index (χ4n) is 3.00. The molecule has 1 fully saturated rings. The Morgan fingerprint density at radius 3 is 2.65 bits per heavy atom. The molecule has 1 aromatic carbocycles. The molecule has 2 atom stereocenters. The van der Waals surface area contributed by atoms with Gasteiger partial charge in [-0.15, -0.1) is 0 Å². The van der Waals surface area contributed by atoms with Gasteiger partial charge in [-0.2, -0.15) is 0 Å². The summed E-state index contributed by atoms with van der Waals surface area (Å²) in [6.45, 7) is 4.18. The molecule has 1 aromatic rings. The SMILES string of the molecule is CNC1CCC(C)(C)CC1S(=O)(=O)c1cccc(F)c1. The summed E-state index contributed by atoms with van der Waals surface area (Å²) in [4.78, 5) is 0.0838. The zero-order valence-corrected chi connectivity index (χ0v) is 13.0. The molecule has 0 spiro atoms. The topological polar surface area (TPSA) is 46.2 Å². The number of rotatable bonds is 3. The molecule has 1 aliphatic carbocycles. The van der Waals surface area contributed by atoms with Gasteiger partial charge >= 0.3 is 0 Å². The third-order valence-electron chi connectivity index (χ3n) is 4.23. The summed E-state index contributed by atoms with van der Waals surface area (Å²) in [6, 6.07) is 5.23. The molecule has 1 aliphatic rings. The van der Waals surface area contributed by atoms with Crippen LogP contribution in [-0.2, 0) is 9.84 Å². The first kappa shape index (κ1) is 15.4. The van der Waals surface area contributed by atoms with Crippen molar-refractivity contribution in [3.05, 3.63) is 30.1 Å². The molecular formula is C15H22FNO2S. The second-order valence-electron chi connectivity index (χ2n) is 6.34. The van der Waals surface area contributed by atoms with Gasteiger partial charge in [0, 0.05) is 6.04 Å². The van der Waals surface area contributed by atoms with Gasteiger partial charge in [-0.25, -0.2) is 12.8 Å². The molecule has 1 N–H and O–H groups in total. The van der Waals surface area contributed by atoms with Crippen LogP contribution < -0.4 is 5.32 Å². The zero-order valence-electron chi connectivity index (χ0n) is 12.2. The molecule has 0 saturated heterocycles. The molecule has 20 heavy (non-hydrogen) atoms. The van der Waals surface area contributed by atoms with Crippen LogP contribution in [0.5, 0.6) is 0 Å². The maximum absolute atomic E-state index is 13.3.